The summed E-state index contributed by atoms with van der Waals surface area (Å²) in [4.78, 5) is 27.2. The summed E-state index contributed by atoms with van der Waals surface area (Å²) >= 11 is 0. The van der Waals surface area contributed by atoms with E-state index in [1.165, 1.54) is 12.8 Å². The first-order valence-electron chi connectivity index (χ1n) is 8.79. The number of aromatic nitrogens is 1. The molecule has 3 unspecified atom stereocenters. The van der Waals surface area contributed by atoms with Crippen LogP contribution >= 0.6 is 0 Å². The molecule has 2 aromatic carbocycles. The van der Waals surface area contributed by atoms with Gasteiger partial charge in [0.1, 0.15) is 11.4 Å². The number of fused-ring (bicyclic) bond motifs is 3. The van der Waals surface area contributed by atoms with Gasteiger partial charge in [-0.15, -0.1) is 0 Å². The minimum atomic E-state index is -0.444. The van der Waals surface area contributed by atoms with Crippen LogP contribution in [0.15, 0.2) is 52.2 Å². The van der Waals surface area contributed by atoms with Crippen LogP contribution in [0.1, 0.15) is 12.8 Å². The van der Waals surface area contributed by atoms with Gasteiger partial charge in [0.15, 0.2) is 0 Å². The van der Waals surface area contributed by atoms with Crippen LogP contribution < -0.4 is 21.5 Å². The number of rotatable bonds is 5. The molecule has 3 atom stereocenters. The maximum atomic E-state index is 12.0. The number of allylic oxidation sites excluding steroid dienone is 2. The van der Waals surface area contributed by atoms with E-state index in [0.29, 0.717) is 29.1 Å². The Kier molecular flexibility index (Phi) is 3.10. The predicted molar refractivity (Wildman–Crippen MR) is 100 cm³/mol. The average Bonchev–Trinajstić information content (AvgIpc) is 3.36. The third kappa shape index (κ3) is 2.22. The highest BCUT2D eigenvalue weighted by Crippen LogP contribution is 2.43. The van der Waals surface area contributed by atoms with Crippen molar-refractivity contribution in [2.24, 2.45) is 17.8 Å². The second-order valence-electron chi connectivity index (χ2n) is 7.20. The summed E-state index contributed by atoms with van der Waals surface area (Å²) in [5, 5.41) is 7.38. The molecule has 0 amide bonds. The fraction of sp³-hybridized carbons (Fsp3) is 0.300. The smallest absolute Gasteiger partial charge is 0.253 e. The van der Waals surface area contributed by atoms with Gasteiger partial charge in [-0.3, -0.25) is 9.59 Å². The quantitative estimate of drug-likeness (QED) is 0.495. The lowest BCUT2D eigenvalue weighted by Gasteiger charge is -2.21. The molecule has 1 heterocycles. The number of aromatic amines is 1. The number of benzene rings is 1. The summed E-state index contributed by atoms with van der Waals surface area (Å²) < 4.78 is 0. The van der Waals surface area contributed by atoms with Gasteiger partial charge in [-0.05, 0) is 36.7 Å². The van der Waals surface area contributed by atoms with E-state index in [1.807, 2.05) is 30.5 Å². The molecular formula is C20H19N3O2. The molecule has 1 saturated carbocycles. The maximum absolute atomic E-state index is 12.0. The van der Waals surface area contributed by atoms with Crippen LogP contribution in [0, 0.1) is 17.8 Å². The molecule has 2 aliphatic carbocycles. The van der Waals surface area contributed by atoms with Crippen molar-refractivity contribution in [3.63, 3.8) is 0 Å². The fourth-order valence-corrected chi connectivity index (χ4v) is 4.35. The summed E-state index contributed by atoms with van der Waals surface area (Å²) in [6.45, 7) is 0.749. The lowest BCUT2D eigenvalue weighted by atomic mass is 9.93. The minimum Gasteiger partial charge on any atom is -0.380 e. The number of anilines is 3. The first-order valence-corrected chi connectivity index (χ1v) is 8.79. The van der Waals surface area contributed by atoms with Crippen molar-refractivity contribution in [2.45, 2.75) is 12.8 Å². The molecule has 0 spiro atoms. The number of hydrogen-bond donors (Lipinski definition) is 3. The molecule has 3 N–H and O–H groups in total. The zero-order valence-electron chi connectivity index (χ0n) is 13.7. The Labute approximate surface area is 144 Å². The molecule has 126 valence electrons. The van der Waals surface area contributed by atoms with E-state index in [9.17, 15) is 9.59 Å². The topological polar surface area (TPSA) is 74.0 Å². The van der Waals surface area contributed by atoms with Gasteiger partial charge in [0.2, 0.25) is 0 Å². The first-order chi connectivity index (χ1) is 12.2. The molecular weight excluding hydrogens is 314 g/mol. The van der Waals surface area contributed by atoms with E-state index < -0.39 is 10.9 Å². The Morgan fingerprint density at radius 1 is 1.04 bits per heavy atom. The van der Waals surface area contributed by atoms with Crippen LogP contribution in [0.2, 0.25) is 0 Å². The van der Waals surface area contributed by atoms with Crippen molar-refractivity contribution >= 4 is 28.0 Å². The van der Waals surface area contributed by atoms with Gasteiger partial charge in [0, 0.05) is 23.6 Å². The van der Waals surface area contributed by atoms with E-state index in [4.69, 9.17) is 0 Å². The summed E-state index contributed by atoms with van der Waals surface area (Å²) in [5.74, 6) is 1.88. The maximum Gasteiger partial charge on any atom is 0.253 e. The zero-order chi connectivity index (χ0) is 17.0. The molecule has 5 heteroatoms. The van der Waals surface area contributed by atoms with Crippen molar-refractivity contribution in [2.75, 3.05) is 17.2 Å². The molecule has 0 radical (unpaired) electrons. The highest BCUT2D eigenvalue weighted by molar-refractivity contribution is 5.95. The largest absolute Gasteiger partial charge is 0.380 e. The summed E-state index contributed by atoms with van der Waals surface area (Å²) in [5.41, 5.74) is 1.76. The van der Waals surface area contributed by atoms with E-state index in [0.717, 1.165) is 23.1 Å². The number of nitrogens with one attached hydrogen (secondary N) is 3. The Balaban J connectivity index is 1.36. The highest BCUT2D eigenvalue weighted by atomic mass is 16.2. The lowest BCUT2D eigenvalue weighted by molar-refractivity contribution is 0.472. The van der Waals surface area contributed by atoms with Gasteiger partial charge in [-0.25, -0.2) is 0 Å². The third-order valence-corrected chi connectivity index (χ3v) is 5.72. The Morgan fingerprint density at radius 2 is 1.88 bits per heavy atom. The van der Waals surface area contributed by atoms with Gasteiger partial charge in [-0.2, -0.15) is 0 Å². The Morgan fingerprint density at radius 3 is 2.68 bits per heavy atom. The van der Waals surface area contributed by atoms with Gasteiger partial charge >= 0.3 is 0 Å². The molecule has 2 aliphatic rings. The fourth-order valence-electron chi connectivity index (χ4n) is 4.35. The number of para-hydroxylation sites is 1. The standard InChI is InChI=1S/C20H19N3O2/c24-19-17(22-9-13-8-11-5-6-12(13)7-11)18(20(19)25)23-16-10-21-15-4-2-1-3-14(15)16/h1-6,10-13,21-23H,7-9H2. The van der Waals surface area contributed by atoms with E-state index >= 15 is 0 Å². The van der Waals surface area contributed by atoms with Crippen molar-refractivity contribution in [1.82, 2.24) is 4.98 Å². The lowest BCUT2D eigenvalue weighted by Crippen LogP contribution is -2.37. The third-order valence-electron chi connectivity index (χ3n) is 5.72. The molecule has 1 aromatic heterocycles. The predicted octanol–water partition coefficient (Wildman–Crippen LogP) is 3.13. The first kappa shape index (κ1) is 14.5. The molecule has 0 aliphatic heterocycles. The average molecular weight is 333 g/mol. The van der Waals surface area contributed by atoms with Crippen LogP contribution in [-0.4, -0.2) is 11.5 Å². The van der Waals surface area contributed by atoms with Gasteiger partial charge < -0.3 is 15.6 Å². The van der Waals surface area contributed by atoms with Crippen molar-refractivity contribution in [3.8, 4) is 0 Å². The van der Waals surface area contributed by atoms with Crippen molar-refractivity contribution in [3.05, 3.63) is 63.1 Å². The molecule has 0 saturated heterocycles. The van der Waals surface area contributed by atoms with Gasteiger partial charge in [0.25, 0.3) is 10.9 Å². The molecule has 5 nitrogen and oxygen atoms in total. The van der Waals surface area contributed by atoms with E-state index in [2.05, 4.69) is 27.8 Å². The minimum absolute atomic E-state index is 0.383. The molecule has 5 rings (SSSR count). The SMILES string of the molecule is O=c1c(NCC2CC3C=CC2C3)c(Nc2c[nH]c3ccccc23)c1=O. The summed E-state index contributed by atoms with van der Waals surface area (Å²) in [6, 6.07) is 7.86. The summed E-state index contributed by atoms with van der Waals surface area (Å²) in [6.07, 6.45) is 8.84. The highest BCUT2D eigenvalue weighted by Gasteiger charge is 2.35. The van der Waals surface area contributed by atoms with Crippen LogP contribution in [0.3, 0.4) is 0 Å². The van der Waals surface area contributed by atoms with Crippen LogP contribution in [-0.2, 0) is 0 Å². The molecule has 1 fully saturated rings. The van der Waals surface area contributed by atoms with E-state index in [-0.39, 0.29) is 0 Å². The van der Waals surface area contributed by atoms with Crippen LogP contribution in [0.4, 0.5) is 17.1 Å². The summed E-state index contributed by atoms with van der Waals surface area (Å²) in [7, 11) is 0. The van der Waals surface area contributed by atoms with E-state index in [1.54, 1.807) is 0 Å². The second-order valence-corrected chi connectivity index (χ2v) is 7.20. The Hall–Kier alpha value is -2.82. The van der Waals surface area contributed by atoms with Crippen molar-refractivity contribution in [1.29, 1.82) is 0 Å². The monoisotopic (exact) mass is 333 g/mol. The second kappa shape index (κ2) is 5.34. The molecule has 2 bridgehead atoms. The van der Waals surface area contributed by atoms with Gasteiger partial charge in [0.05, 0.1) is 5.69 Å². The van der Waals surface area contributed by atoms with Crippen molar-refractivity contribution < 1.29 is 0 Å². The van der Waals surface area contributed by atoms with Crippen LogP contribution in [0.5, 0.6) is 0 Å². The molecule has 25 heavy (non-hydrogen) atoms. The molecule has 3 aromatic rings. The van der Waals surface area contributed by atoms with Gasteiger partial charge in [-0.1, -0.05) is 30.4 Å². The normalized spacial score (nSPS) is 24.4. The number of hydrogen-bond acceptors (Lipinski definition) is 4. The number of H-pyrrole nitrogens is 1. The van der Waals surface area contributed by atoms with Crippen LogP contribution in [0.25, 0.3) is 10.9 Å². The Bertz CT molecular complexity index is 1050. The zero-order valence-corrected chi connectivity index (χ0v) is 13.7.